The van der Waals surface area contributed by atoms with E-state index in [1.807, 2.05) is 6.92 Å². The van der Waals surface area contributed by atoms with Crippen molar-refractivity contribution in [2.45, 2.75) is 13.8 Å². The molecule has 1 aromatic carbocycles. The molecule has 0 heterocycles. The summed E-state index contributed by atoms with van der Waals surface area (Å²) in [5.74, 6) is -0.0501. The summed E-state index contributed by atoms with van der Waals surface area (Å²) < 4.78 is 23.6. The van der Waals surface area contributed by atoms with E-state index in [-0.39, 0.29) is 0 Å². The molecular formula is C12H16FNO3. The van der Waals surface area contributed by atoms with E-state index in [1.165, 1.54) is 18.2 Å². The first-order chi connectivity index (χ1) is 8.19. The lowest BCUT2D eigenvalue weighted by Crippen LogP contribution is -2.09. The average molecular weight is 241 g/mol. The molecular weight excluding hydrogens is 225 g/mol. The topological polar surface area (TPSA) is 51.0 Å². The number of oxime groups is 1. The zero-order chi connectivity index (χ0) is 12.7. The van der Waals surface area contributed by atoms with Crippen molar-refractivity contribution in [1.29, 1.82) is 0 Å². The Morgan fingerprint density at radius 3 is 2.82 bits per heavy atom. The fourth-order valence-corrected chi connectivity index (χ4v) is 1.32. The number of hydrogen-bond acceptors (Lipinski definition) is 4. The zero-order valence-corrected chi connectivity index (χ0v) is 9.94. The van der Waals surface area contributed by atoms with Gasteiger partial charge in [-0.15, -0.1) is 0 Å². The number of hydrogen-bond donors (Lipinski definition) is 1. The first kappa shape index (κ1) is 13.4. The van der Waals surface area contributed by atoms with Crippen molar-refractivity contribution >= 4 is 5.71 Å². The Morgan fingerprint density at radius 1 is 1.41 bits per heavy atom. The quantitative estimate of drug-likeness (QED) is 0.360. The van der Waals surface area contributed by atoms with Crippen LogP contribution >= 0.6 is 0 Å². The molecule has 0 aliphatic heterocycles. The number of ether oxygens (including phenoxy) is 2. The van der Waals surface area contributed by atoms with Crippen LogP contribution in [0, 0.1) is 5.82 Å². The van der Waals surface area contributed by atoms with Gasteiger partial charge in [-0.3, -0.25) is 0 Å². The maximum absolute atomic E-state index is 13.1. The molecule has 0 aliphatic rings. The van der Waals surface area contributed by atoms with Crippen LogP contribution in [0.25, 0.3) is 0 Å². The summed E-state index contributed by atoms with van der Waals surface area (Å²) in [4.78, 5) is 0. The van der Waals surface area contributed by atoms with E-state index < -0.39 is 5.82 Å². The fourth-order valence-electron chi connectivity index (χ4n) is 1.32. The van der Waals surface area contributed by atoms with Gasteiger partial charge in [-0.1, -0.05) is 5.16 Å². The molecule has 0 fully saturated rings. The van der Waals surface area contributed by atoms with Gasteiger partial charge in [0.15, 0.2) is 0 Å². The van der Waals surface area contributed by atoms with Crippen LogP contribution in [0.2, 0.25) is 0 Å². The van der Waals surface area contributed by atoms with E-state index in [1.54, 1.807) is 6.92 Å². The number of nitrogens with zero attached hydrogens (tertiary/aromatic N) is 1. The minimum Gasteiger partial charge on any atom is -0.490 e. The summed E-state index contributed by atoms with van der Waals surface area (Å²) in [5, 5.41) is 11.8. The maximum Gasteiger partial charge on any atom is 0.131 e. The van der Waals surface area contributed by atoms with E-state index in [0.717, 1.165) is 0 Å². The molecule has 94 valence electrons. The molecule has 0 atom stereocenters. The molecule has 1 N–H and O–H groups in total. The molecule has 0 saturated carbocycles. The number of rotatable bonds is 6. The Kier molecular flexibility index (Phi) is 5.42. The highest BCUT2D eigenvalue weighted by Crippen LogP contribution is 2.20. The molecule has 4 nitrogen and oxygen atoms in total. The van der Waals surface area contributed by atoms with E-state index in [4.69, 9.17) is 14.7 Å². The van der Waals surface area contributed by atoms with Crippen molar-refractivity contribution in [2.24, 2.45) is 5.16 Å². The summed E-state index contributed by atoms with van der Waals surface area (Å²) in [5.41, 5.74) is 0.932. The van der Waals surface area contributed by atoms with Gasteiger partial charge in [-0.2, -0.15) is 0 Å². The van der Waals surface area contributed by atoms with Gasteiger partial charge in [-0.05, 0) is 26.0 Å². The Morgan fingerprint density at radius 2 is 2.18 bits per heavy atom. The van der Waals surface area contributed by atoms with E-state index in [2.05, 4.69) is 5.16 Å². The minimum atomic E-state index is -0.397. The molecule has 1 rings (SSSR count). The van der Waals surface area contributed by atoms with E-state index in [0.29, 0.717) is 36.8 Å². The lowest BCUT2D eigenvalue weighted by Gasteiger charge is -2.10. The summed E-state index contributed by atoms with van der Waals surface area (Å²) in [6.45, 7) is 4.86. The monoisotopic (exact) mass is 241 g/mol. The van der Waals surface area contributed by atoms with Crippen LogP contribution in [0.3, 0.4) is 0 Å². The molecule has 0 aliphatic carbocycles. The van der Waals surface area contributed by atoms with Gasteiger partial charge < -0.3 is 14.7 Å². The summed E-state index contributed by atoms with van der Waals surface area (Å²) in [6, 6.07) is 4.07. The Balaban J connectivity index is 2.77. The van der Waals surface area contributed by atoms with Crippen LogP contribution < -0.4 is 4.74 Å². The van der Waals surface area contributed by atoms with Crippen LogP contribution in [-0.4, -0.2) is 30.7 Å². The first-order valence-corrected chi connectivity index (χ1v) is 5.38. The van der Waals surface area contributed by atoms with E-state index >= 15 is 0 Å². The number of halogens is 1. The predicted octanol–water partition coefficient (Wildman–Crippen LogP) is 2.44. The van der Waals surface area contributed by atoms with Crippen LogP contribution in [0.5, 0.6) is 5.75 Å². The second kappa shape index (κ2) is 6.85. The second-order valence-electron chi connectivity index (χ2n) is 3.37. The summed E-state index contributed by atoms with van der Waals surface area (Å²) in [6.07, 6.45) is 0. The molecule has 0 bridgehead atoms. The smallest absolute Gasteiger partial charge is 0.131 e. The highest BCUT2D eigenvalue weighted by atomic mass is 19.1. The molecule has 17 heavy (non-hydrogen) atoms. The lowest BCUT2D eigenvalue weighted by molar-refractivity contribution is 0.110. The highest BCUT2D eigenvalue weighted by Gasteiger charge is 2.08. The zero-order valence-electron chi connectivity index (χ0n) is 9.94. The van der Waals surface area contributed by atoms with Gasteiger partial charge in [-0.25, -0.2) is 4.39 Å². The normalized spacial score (nSPS) is 11.6. The molecule has 5 heteroatoms. The standard InChI is InChI=1S/C12H16FNO3/c1-3-16-6-7-17-12-8-10(13)4-5-11(12)9(2)14-15/h4-5,8,15H,3,6-7H2,1-2H3. The molecule has 1 aromatic rings. The summed E-state index contributed by atoms with van der Waals surface area (Å²) >= 11 is 0. The molecule has 0 spiro atoms. The Bertz CT molecular complexity index is 393. The molecule has 0 aromatic heterocycles. The van der Waals surface area contributed by atoms with Crippen molar-refractivity contribution < 1.29 is 19.1 Å². The first-order valence-electron chi connectivity index (χ1n) is 5.38. The Labute approximate surface area is 99.7 Å². The molecule has 0 saturated heterocycles. The van der Waals surface area contributed by atoms with Crippen LogP contribution in [0.1, 0.15) is 19.4 Å². The van der Waals surface area contributed by atoms with Gasteiger partial charge >= 0.3 is 0 Å². The van der Waals surface area contributed by atoms with Crippen molar-refractivity contribution in [1.82, 2.24) is 0 Å². The SMILES string of the molecule is CCOCCOc1cc(F)ccc1C(C)=NO. The fraction of sp³-hybridized carbons (Fsp3) is 0.417. The largest absolute Gasteiger partial charge is 0.490 e. The third-order valence-corrected chi connectivity index (χ3v) is 2.17. The minimum absolute atomic E-state index is 0.322. The molecule has 0 amide bonds. The van der Waals surface area contributed by atoms with Crippen LogP contribution in [-0.2, 0) is 4.74 Å². The van der Waals surface area contributed by atoms with Gasteiger partial charge in [0.25, 0.3) is 0 Å². The average Bonchev–Trinajstić information content (AvgIpc) is 2.34. The molecule has 0 radical (unpaired) electrons. The van der Waals surface area contributed by atoms with E-state index in [9.17, 15) is 4.39 Å². The third kappa shape index (κ3) is 4.03. The third-order valence-electron chi connectivity index (χ3n) is 2.17. The second-order valence-corrected chi connectivity index (χ2v) is 3.37. The molecule has 0 unspecified atom stereocenters. The maximum atomic E-state index is 13.1. The van der Waals surface area contributed by atoms with Crippen molar-refractivity contribution in [3.8, 4) is 5.75 Å². The van der Waals surface area contributed by atoms with Gasteiger partial charge in [0.1, 0.15) is 18.2 Å². The van der Waals surface area contributed by atoms with Crippen molar-refractivity contribution in [3.63, 3.8) is 0 Å². The van der Waals surface area contributed by atoms with Gasteiger partial charge in [0.05, 0.1) is 12.3 Å². The number of benzene rings is 1. The van der Waals surface area contributed by atoms with Gasteiger partial charge in [0, 0.05) is 18.2 Å². The van der Waals surface area contributed by atoms with Gasteiger partial charge in [0.2, 0.25) is 0 Å². The van der Waals surface area contributed by atoms with Crippen LogP contribution in [0.4, 0.5) is 4.39 Å². The van der Waals surface area contributed by atoms with Crippen LogP contribution in [0.15, 0.2) is 23.4 Å². The lowest BCUT2D eigenvalue weighted by atomic mass is 10.1. The summed E-state index contributed by atoms with van der Waals surface area (Å²) in [7, 11) is 0. The highest BCUT2D eigenvalue weighted by molar-refractivity contribution is 6.00. The van der Waals surface area contributed by atoms with Crippen molar-refractivity contribution in [2.75, 3.05) is 19.8 Å². The van der Waals surface area contributed by atoms with Crippen molar-refractivity contribution in [3.05, 3.63) is 29.6 Å². The Hall–Kier alpha value is -1.62. The predicted molar refractivity (Wildman–Crippen MR) is 62.4 cm³/mol.